The van der Waals surface area contributed by atoms with Gasteiger partial charge in [0.25, 0.3) is 0 Å². The van der Waals surface area contributed by atoms with E-state index in [2.05, 4.69) is 125 Å². The molecule has 5 aromatic carbocycles. The lowest BCUT2D eigenvalue weighted by atomic mass is 10.0. The van der Waals surface area contributed by atoms with E-state index in [0.717, 1.165) is 5.52 Å². The first-order chi connectivity index (χ1) is 15.9. The van der Waals surface area contributed by atoms with Crippen LogP contribution < -0.4 is 0 Å². The van der Waals surface area contributed by atoms with Crippen LogP contribution in [0, 0.1) is 0 Å². The van der Waals surface area contributed by atoms with E-state index in [1.807, 2.05) is 0 Å². The molecule has 0 amide bonds. The number of H-pyrrole nitrogens is 1. The van der Waals surface area contributed by atoms with Crippen molar-refractivity contribution in [1.82, 2.24) is 9.55 Å². The molecule has 2 aromatic heterocycles. The molecule has 0 radical (unpaired) electrons. The molecule has 2 heterocycles. The molecule has 0 bridgehead atoms. The Hall–Kier alpha value is -4.30. The second-order valence-corrected chi connectivity index (χ2v) is 8.35. The van der Waals surface area contributed by atoms with Gasteiger partial charge in [-0.2, -0.15) is 0 Å². The van der Waals surface area contributed by atoms with Crippen molar-refractivity contribution in [1.29, 1.82) is 0 Å². The lowest BCUT2D eigenvalue weighted by Crippen LogP contribution is -1.93. The smallest absolute Gasteiger partial charge is 0.0541 e. The Balaban J connectivity index is 1.47. The number of hydrogen-bond acceptors (Lipinski definition) is 0. The number of hydrogen-bond donors (Lipinski definition) is 1. The lowest BCUT2D eigenvalue weighted by molar-refractivity contribution is 1.18. The number of rotatable bonds is 2. The zero-order valence-corrected chi connectivity index (χ0v) is 17.4. The summed E-state index contributed by atoms with van der Waals surface area (Å²) in [7, 11) is 0. The number of fused-ring (bicyclic) bond motifs is 6. The summed E-state index contributed by atoms with van der Waals surface area (Å²) in [5.74, 6) is 0. The highest BCUT2D eigenvalue weighted by Gasteiger charge is 2.13. The van der Waals surface area contributed by atoms with E-state index in [1.165, 1.54) is 54.9 Å². The Morgan fingerprint density at radius 1 is 0.438 bits per heavy atom. The van der Waals surface area contributed by atoms with E-state index >= 15 is 0 Å². The van der Waals surface area contributed by atoms with Crippen LogP contribution in [-0.4, -0.2) is 9.55 Å². The summed E-state index contributed by atoms with van der Waals surface area (Å²) in [6.45, 7) is 0. The Bertz CT molecular complexity index is 1710. The predicted molar refractivity (Wildman–Crippen MR) is 136 cm³/mol. The van der Waals surface area contributed by atoms with Crippen molar-refractivity contribution in [2.45, 2.75) is 0 Å². The highest BCUT2D eigenvalue weighted by Crippen LogP contribution is 2.35. The first-order valence-corrected chi connectivity index (χ1v) is 11.0. The zero-order valence-electron chi connectivity index (χ0n) is 17.4. The summed E-state index contributed by atoms with van der Waals surface area (Å²) in [4.78, 5) is 3.64. The Labute approximate surface area is 185 Å². The second-order valence-electron chi connectivity index (χ2n) is 8.35. The first-order valence-electron chi connectivity index (χ1n) is 11.0. The largest absolute Gasteiger partial charge is 0.354 e. The molecule has 150 valence electrons. The summed E-state index contributed by atoms with van der Waals surface area (Å²) in [5.41, 5.74) is 8.44. The van der Waals surface area contributed by atoms with E-state index in [0.29, 0.717) is 0 Å². The third kappa shape index (κ3) is 2.47. The second kappa shape index (κ2) is 6.60. The maximum atomic E-state index is 3.64. The van der Waals surface area contributed by atoms with Crippen molar-refractivity contribution >= 4 is 43.6 Å². The van der Waals surface area contributed by atoms with Crippen LogP contribution in [0.3, 0.4) is 0 Å². The van der Waals surface area contributed by atoms with Crippen LogP contribution in [0.2, 0.25) is 0 Å². The summed E-state index contributed by atoms with van der Waals surface area (Å²) in [6.07, 6.45) is 0. The summed E-state index contributed by atoms with van der Waals surface area (Å²) < 4.78 is 2.37. The summed E-state index contributed by atoms with van der Waals surface area (Å²) in [5, 5.41) is 5.08. The topological polar surface area (TPSA) is 20.7 Å². The fourth-order valence-corrected chi connectivity index (χ4v) is 5.04. The van der Waals surface area contributed by atoms with E-state index in [9.17, 15) is 0 Å². The summed E-state index contributed by atoms with van der Waals surface area (Å²) >= 11 is 0. The molecular weight excluding hydrogens is 388 g/mol. The van der Waals surface area contributed by atoms with E-state index < -0.39 is 0 Å². The molecule has 2 nitrogen and oxygen atoms in total. The molecule has 0 aliphatic carbocycles. The molecule has 7 rings (SSSR count). The van der Waals surface area contributed by atoms with Gasteiger partial charge in [0.2, 0.25) is 0 Å². The van der Waals surface area contributed by atoms with Gasteiger partial charge in [-0.05, 0) is 47.5 Å². The average molecular weight is 409 g/mol. The molecule has 0 saturated carbocycles. The van der Waals surface area contributed by atoms with Gasteiger partial charge in [-0.15, -0.1) is 0 Å². The Morgan fingerprint density at radius 2 is 1.12 bits per heavy atom. The first kappa shape index (κ1) is 17.4. The lowest BCUT2D eigenvalue weighted by Gasteiger charge is -2.08. The highest BCUT2D eigenvalue weighted by atomic mass is 15.0. The van der Waals surface area contributed by atoms with Crippen LogP contribution in [0.5, 0.6) is 0 Å². The molecular formula is C30H20N2. The third-order valence-electron chi connectivity index (χ3n) is 6.53. The van der Waals surface area contributed by atoms with Gasteiger partial charge in [-0.1, -0.05) is 78.9 Å². The quantitative estimate of drug-likeness (QED) is 0.298. The van der Waals surface area contributed by atoms with Crippen molar-refractivity contribution in [2.24, 2.45) is 0 Å². The van der Waals surface area contributed by atoms with Crippen molar-refractivity contribution in [3.8, 4) is 16.8 Å². The molecule has 0 unspecified atom stereocenters. The molecule has 0 aliphatic heterocycles. The fraction of sp³-hybridized carbons (Fsp3) is 0. The molecule has 0 saturated heterocycles. The zero-order chi connectivity index (χ0) is 21.1. The minimum absolute atomic E-state index is 1.16. The fourth-order valence-electron chi connectivity index (χ4n) is 5.04. The van der Waals surface area contributed by atoms with E-state index in [4.69, 9.17) is 0 Å². The standard InChI is InChI=1S/C30H20N2/c1-2-8-20(9-3-1)21-14-17-27-26(18-21)23-16-15-22(19-28(23)31-27)32-29-12-6-4-10-24(29)25-11-5-7-13-30(25)32/h1-19,31H. The van der Waals surface area contributed by atoms with Crippen LogP contribution in [0.1, 0.15) is 0 Å². The van der Waals surface area contributed by atoms with Gasteiger partial charge in [-0.3, -0.25) is 0 Å². The number of aromatic amines is 1. The van der Waals surface area contributed by atoms with Crippen LogP contribution >= 0.6 is 0 Å². The van der Waals surface area contributed by atoms with Crippen LogP contribution in [0.25, 0.3) is 60.4 Å². The van der Waals surface area contributed by atoms with Crippen LogP contribution in [-0.2, 0) is 0 Å². The van der Waals surface area contributed by atoms with Gasteiger partial charge in [0, 0.05) is 38.3 Å². The SMILES string of the molecule is c1ccc(-c2ccc3[nH]c4cc(-n5c6ccccc6c6ccccc65)ccc4c3c2)cc1. The number of benzene rings is 5. The van der Waals surface area contributed by atoms with Crippen molar-refractivity contribution < 1.29 is 0 Å². The number of nitrogens with one attached hydrogen (secondary N) is 1. The Kier molecular flexibility index (Phi) is 3.58. The average Bonchev–Trinajstić information content (AvgIpc) is 3.39. The normalized spacial score (nSPS) is 11.8. The van der Waals surface area contributed by atoms with Gasteiger partial charge in [0.1, 0.15) is 0 Å². The van der Waals surface area contributed by atoms with Crippen molar-refractivity contribution in [3.63, 3.8) is 0 Å². The molecule has 0 fully saturated rings. The molecule has 1 N–H and O–H groups in total. The van der Waals surface area contributed by atoms with Gasteiger partial charge in [-0.25, -0.2) is 0 Å². The Morgan fingerprint density at radius 3 is 1.88 bits per heavy atom. The number of nitrogens with zero attached hydrogens (tertiary/aromatic N) is 1. The maximum absolute atomic E-state index is 3.64. The predicted octanol–water partition coefficient (Wildman–Crippen LogP) is 8.09. The van der Waals surface area contributed by atoms with Gasteiger partial charge in [0.15, 0.2) is 0 Å². The molecule has 0 atom stereocenters. The van der Waals surface area contributed by atoms with E-state index in [-0.39, 0.29) is 0 Å². The number of para-hydroxylation sites is 2. The minimum atomic E-state index is 1.16. The van der Waals surface area contributed by atoms with Gasteiger partial charge < -0.3 is 9.55 Å². The van der Waals surface area contributed by atoms with Crippen molar-refractivity contribution in [2.75, 3.05) is 0 Å². The molecule has 0 aliphatic rings. The van der Waals surface area contributed by atoms with Gasteiger partial charge in [0.05, 0.1) is 11.0 Å². The highest BCUT2D eigenvalue weighted by molar-refractivity contribution is 6.11. The minimum Gasteiger partial charge on any atom is -0.354 e. The monoisotopic (exact) mass is 408 g/mol. The molecule has 7 aromatic rings. The van der Waals surface area contributed by atoms with Crippen molar-refractivity contribution in [3.05, 3.63) is 115 Å². The summed E-state index contributed by atoms with van der Waals surface area (Å²) in [6, 6.07) is 41.3. The number of aromatic nitrogens is 2. The molecule has 32 heavy (non-hydrogen) atoms. The molecule has 2 heteroatoms. The maximum Gasteiger partial charge on any atom is 0.0541 e. The van der Waals surface area contributed by atoms with Crippen LogP contribution in [0.4, 0.5) is 0 Å². The third-order valence-corrected chi connectivity index (χ3v) is 6.53. The van der Waals surface area contributed by atoms with Crippen LogP contribution in [0.15, 0.2) is 115 Å². The van der Waals surface area contributed by atoms with Gasteiger partial charge >= 0.3 is 0 Å². The van der Waals surface area contributed by atoms with E-state index in [1.54, 1.807) is 0 Å². The molecule has 0 spiro atoms.